The van der Waals surface area contributed by atoms with E-state index in [0.717, 1.165) is 24.4 Å². The standard InChI is InChI=1S/C15H21N3O2/c1-11-13(18-7-5-4-6-14(18)17-11)9-16-8-12-10-19-15(2,3)20-12/h4-7,12,16H,8-10H2,1-3H3. The molecule has 108 valence electrons. The number of ether oxygens (including phenoxy) is 2. The Morgan fingerprint density at radius 2 is 2.30 bits per heavy atom. The van der Waals surface area contributed by atoms with Crippen molar-refractivity contribution >= 4 is 5.65 Å². The van der Waals surface area contributed by atoms with Crippen LogP contribution in [-0.2, 0) is 16.0 Å². The van der Waals surface area contributed by atoms with Crippen molar-refractivity contribution in [2.75, 3.05) is 13.2 Å². The smallest absolute Gasteiger partial charge is 0.163 e. The SMILES string of the molecule is Cc1nc2ccccn2c1CNCC1COC(C)(C)O1. The first-order valence-corrected chi connectivity index (χ1v) is 7.00. The molecule has 3 heterocycles. The minimum atomic E-state index is -0.453. The van der Waals surface area contributed by atoms with Crippen LogP contribution in [0.3, 0.4) is 0 Å². The molecule has 1 fully saturated rings. The Kier molecular flexibility index (Phi) is 3.50. The summed E-state index contributed by atoms with van der Waals surface area (Å²) in [6.07, 6.45) is 2.16. The van der Waals surface area contributed by atoms with Gasteiger partial charge >= 0.3 is 0 Å². The van der Waals surface area contributed by atoms with E-state index in [2.05, 4.69) is 14.7 Å². The Bertz CT molecular complexity index is 606. The second-order valence-corrected chi connectivity index (χ2v) is 5.65. The van der Waals surface area contributed by atoms with Gasteiger partial charge in [0, 0.05) is 19.3 Å². The van der Waals surface area contributed by atoms with Gasteiger partial charge < -0.3 is 19.2 Å². The predicted octanol–water partition coefficient (Wildman–Crippen LogP) is 1.88. The molecule has 1 atom stereocenters. The first kappa shape index (κ1) is 13.5. The minimum Gasteiger partial charge on any atom is -0.348 e. The van der Waals surface area contributed by atoms with Crippen molar-refractivity contribution in [1.29, 1.82) is 0 Å². The van der Waals surface area contributed by atoms with E-state index in [9.17, 15) is 0 Å². The zero-order valence-corrected chi connectivity index (χ0v) is 12.2. The Balaban J connectivity index is 1.62. The maximum atomic E-state index is 5.78. The molecule has 1 saturated heterocycles. The highest BCUT2D eigenvalue weighted by molar-refractivity contribution is 5.42. The molecule has 0 saturated carbocycles. The van der Waals surface area contributed by atoms with Crippen LogP contribution in [0.1, 0.15) is 25.2 Å². The molecule has 20 heavy (non-hydrogen) atoms. The van der Waals surface area contributed by atoms with Crippen LogP contribution in [0.4, 0.5) is 0 Å². The average Bonchev–Trinajstić information content (AvgIpc) is 2.90. The molecule has 1 unspecified atom stereocenters. The third kappa shape index (κ3) is 2.70. The summed E-state index contributed by atoms with van der Waals surface area (Å²) in [5.74, 6) is -0.453. The fourth-order valence-corrected chi connectivity index (χ4v) is 2.59. The molecule has 3 rings (SSSR count). The maximum absolute atomic E-state index is 5.78. The molecule has 1 aliphatic rings. The first-order chi connectivity index (χ1) is 9.55. The Labute approximate surface area is 118 Å². The number of aromatic nitrogens is 2. The molecular formula is C15H21N3O2. The highest BCUT2D eigenvalue weighted by atomic mass is 16.7. The number of rotatable bonds is 4. The summed E-state index contributed by atoms with van der Waals surface area (Å²) in [6.45, 7) is 8.14. The van der Waals surface area contributed by atoms with Crippen LogP contribution >= 0.6 is 0 Å². The Morgan fingerprint density at radius 3 is 3.05 bits per heavy atom. The number of fused-ring (bicyclic) bond motifs is 1. The summed E-state index contributed by atoms with van der Waals surface area (Å²) >= 11 is 0. The van der Waals surface area contributed by atoms with Gasteiger partial charge in [-0.25, -0.2) is 4.98 Å². The Hall–Kier alpha value is -1.43. The number of pyridine rings is 1. The maximum Gasteiger partial charge on any atom is 0.163 e. The fraction of sp³-hybridized carbons (Fsp3) is 0.533. The molecule has 0 aliphatic carbocycles. The van der Waals surface area contributed by atoms with E-state index in [0.29, 0.717) is 6.61 Å². The lowest BCUT2D eigenvalue weighted by molar-refractivity contribution is -0.137. The molecule has 1 aliphatic heterocycles. The van der Waals surface area contributed by atoms with Gasteiger partial charge in [0.15, 0.2) is 5.79 Å². The van der Waals surface area contributed by atoms with Crippen LogP contribution in [0.15, 0.2) is 24.4 Å². The highest BCUT2D eigenvalue weighted by Gasteiger charge is 2.32. The van der Waals surface area contributed by atoms with Crippen molar-refractivity contribution in [2.24, 2.45) is 0 Å². The van der Waals surface area contributed by atoms with E-state index in [4.69, 9.17) is 9.47 Å². The van der Waals surface area contributed by atoms with E-state index >= 15 is 0 Å². The molecule has 1 N–H and O–H groups in total. The van der Waals surface area contributed by atoms with Gasteiger partial charge in [0.05, 0.1) is 24.1 Å². The number of hydrogen-bond donors (Lipinski definition) is 1. The predicted molar refractivity (Wildman–Crippen MR) is 76.5 cm³/mol. The lowest BCUT2D eigenvalue weighted by Crippen LogP contribution is -2.30. The van der Waals surface area contributed by atoms with E-state index in [-0.39, 0.29) is 6.10 Å². The van der Waals surface area contributed by atoms with Gasteiger partial charge in [0.1, 0.15) is 5.65 Å². The van der Waals surface area contributed by atoms with Crippen molar-refractivity contribution in [1.82, 2.24) is 14.7 Å². The molecule has 2 aromatic heterocycles. The van der Waals surface area contributed by atoms with Crippen molar-refractivity contribution in [2.45, 2.75) is 39.2 Å². The molecule has 5 nitrogen and oxygen atoms in total. The van der Waals surface area contributed by atoms with Gasteiger partial charge in [0.25, 0.3) is 0 Å². The van der Waals surface area contributed by atoms with Crippen molar-refractivity contribution in [3.8, 4) is 0 Å². The number of imidazole rings is 1. The molecule has 5 heteroatoms. The van der Waals surface area contributed by atoms with E-state index in [1.165, 1.54) is 5.69 Å². The van der Waals surface area contributed by atoms with E-state index in [1.54, 1.807) is 0 Å². The van der Waals surface area contributed by atoms with Crippen molar-refractivity contribution < 1.29 is 9.47 Å². The van der Waals surface area contributed by atoms with Gasteiger partial charge in [-0.05, 0) is 32.9 Å². The lowest BCUT2D eigenvalue weighted by atomic mass is 10.3. The topological polar surface area (TPSA) is 47.8 Å². The summed E-state index contributed by atoms with van der Waals surface area (Å²) in [7, 11) is 0. The summed E-state index contributed by atoms with van der Waals surface area (Å²) in [6, 6.07) is 6.05. The van der Waals surface area contributed by atoms with Crippen LogP contribution in [0.2, 0.25) is 0 Å². The molecule has 0 bridgehead atoms. The first-order valence-electron chi connectivity index (χ1n) is 7.00. The lowest BCUT2D eigenvalue weighted by Gasteiger charge is -2.17. The van der Waals surface area contributed by atoms with Gasteiger partial charge in [0.2, 0.25) is 0 Å². The fourth-order valence-electron chi connectivity index (χ4n) is 2.59. The second-order valence-electron chi connectivity index (χ2n) is 5.65. The summed E-state index contributed by atoms with van der Waals surface area (Å²) in [5, 5.41) is 3.43. The molecular weight excluding hydrogens is 254 g/mol. The summed E-state index contributed by atoms with van der Waals surface area (Å²) in [4.78, 5) is 4.55. The quantitative estimate of drug-likeness (QED) is 0.925. The summed E-state index contributed by atoms with van der Waals surface area (Å²) < 4.78 is 13.5. The molecule has 0 amide bonds. The number of nitrogens with zero attached hydrogens (tertiary/aromatic N) is 2. The third-order valence-electron chi connectivity index (χ3n) is 3.56. The van der Waals surface area contributed by atoms with Crippen molar-refractivity contribution in [3.63, 3.8) is 0 Å². The Morgan fingerprint density at radius 1 is 1.45 bits per heavy atom. The zero-order chi connectivity index (χ0) is 14.2. The monoisotopic (exact) mass is 275 g/mol. The van der Waals surface area contributed by atoms with Crippen LogP contribution < -0.4 is 5.32 Å². The number of aryl methyl sites for hydroxylation is 1. The second kappa shape index (κ2) is 5.16. The summed E-state index contributed by atoms with van der Waals surface area (Å²) in [5.41, 5.74) is 3.25. The van der Waals surface area contributed by atoms with E-state index < -0.39 is 5.79 Å². The molecule has 2 aromatic rings. The third-order valence-corrected chi connectivity index (χ3v) is 3.56. The van der Waals surface area contributed by atoms with Crippen LogP contribution in [0.25, 0.3) is 5.65 Å². The minimum absolute atomic E-state index is 0.115. The van der Waals surface area contributed by atoms with E-state index in [1.807, 2.05) is 45.2 Å². The molecule has 0 aromatic carbocycles. The van der Waals surface area contributed by atoms with Gasteiger partial charge in [-0.2, -0.15) is 0 Å². The van der Waals surface area contributed by atoms with Crippen LogP contribution in [0, 0.1) is 6.92 Å². The highest BCUT2D eigenvalue weighted by Crippen LogP contribution is 2.21. The molecule has 0 spiro atoms. The average molecular weight is 275 g/mol. The molecule has 0 radical (unpaired) electrons. The zero-order valence-electron chi connectivity index (χ0n) is 12.2. The van der Waals surface area contributed by atoms with Crippen LogP contribution in [-0.4, -0.2) is 34.4 Å². The van der Waals surface area contributed by atoms with Crippen LogP contribution in [0.5, 0.6) is 0 Å². The number of hydrogen-bond acceptors (Lipinski definition) is 4. The van der Waals surface area contributed by atoms with Crippen molar-refractivity contribution in [3.05, 3.63) is 35.8 Å². The normalized spacial score (nSPS) is 21.6. The number of nitrogens with one attached hydrogen (secondary N) is 1. The van der Waals surface area contributed by atoms with Gasteiger partial charge in [-0.3, -0.25) is 0 Å². The van der Waals surface area contributed by atoms with Gasteiger partial charge in [-0.1, -0.05) is 6.07 Å². The largest absolute Gasteiger partial charge is 0.348 e. The van der Waals surface area contributed by atoms with Gasteiger partial charge in [-0.15, -0.1) is 0 Å².